The van der Waals surface area contributed by atoms with E-state index in [9.17, 15) is 4.79 Å². The molecule has 8 nitrogen and oxygen atoms in total. The van der Waals surface area contributed by atoms with Crippen LogP contribution in [0.15, 0.2) is 41.5 Å². The second-order valence-electron chi connectivity index (χ2n) is 5.57. The molecule has 0 saturated carbocycles. The predicted octanol–water partition coefficient (Wildman–Crippen LogP) is 3.14. The van der Waals surface area contributed by atoms with Crippen molar-refractivity contribution in [2.75, 3.05) is 19.1 Å². The van der Waals surface area contributed by atoms with Gasteiger partial charge in [-0.2, -0.15) is 5.10 Å². The Bertz CT molecular complexity index is 1020. The van der Waals surface area contributed by atoms with Crippen molar-refractivity contribution in [1.82, 2.24) is 9.55 Å². The lowest BCUT2D eigenvalue weighted by Gasteiger charge is -2.11. The number of aryl methyl sites for hydroxylation is 1. The number of rotatable bonds is 7. The maximum Gasteiger partial charge on any atom is 0.341 e. The van der Waals surface area contributed by atoms with Crippen LogP contribution in [0.2, 0.25) is 5.02 Å². The monoisotopic (exact) mass is 388 g/mol. The summed E-state index contributed by atoms with van der Waals surface area (Å²) in [5.74, 6) is -0.0349. The average Bonchev–Trinajstić information content (AvgIpc) is 2.96. The Hall–Kier alpha value is -3.26. The van der Waals surface area contributed by atoms with Gasteiger partial charge in [0.05, 0.1) is 29.4 Å². The minimum atomic E-state index is -1.11. The minimum Gasteiger partial charge on any atom is -0.493 e. The van der Waals surface area contributed by atoms with Crippen molar-refractivity contribution in [1.29, 1.82) is 0 Å². The second kappa shape index (κ2) is 7.96. The highest BCUT2D eigenvalue weighted by atomic mass is 35.5. The highest BCUT2D eigenvalue weighted by Crippen LogP contribution is 2.36. The lowest BCUT2D eigenvalue weighted by atomic mass is 10.2. The van der Waals surface area contributed by atoms with Crippen molar-refractivity contribution in [3.05, 3.63) is 47.0 Å². The van der Waals surface area contributed by atoms with Crippen LogP contribution in [0.1, 0.15) is 5.56 Å². The van der Waals surface area contributed by atoms with Gasteiger partial charge >= 0.3 is 5.97 Å². The van der Waals surface area contributed by atoms with E-state index >= 15 is 0 Å². The fraction of sp³-hybridized carbons (Fsp3) is 0.167. The van der Waals surface area contributed by atoms with Gasteiger partial charge in [0.25, 0.3) is 0 Å². The quantitative estimate of drug-likeness (QED) is 0.476. The minimum absolute atomic E-state index is 0.169. The Balaban J connectivity index is 1.79. The highest BCUT2D eigenvalue weighted by Gasteiger charge is 2.13. The fourth-order valence-electron chi connectivity index (χ4n) is 2.50. The Morgan fingerprint density at radius 1 is 1.41 bits per heavy atom. The third kappa shape index (κ3) is 4.12. The number of nitrogens with one attached hydrogen (secondary N) is 1. The number of carbonyl (C=O) groups is 1. The van der Waals surface area contributed by atoms with Crippen LogP contribution in [-0.2, 0) is 11.8 Å². The van der Waals surface area contributed by atoms with E-state index in [0.717, 1.165) is 11.0 Å². The summed E-state index contributed by atoms with van der Waals surface area (Å²) in [6.07, 6.45) is 1.55. The zero-order valence-electron chi connectivity index (χ0n) is 14.6. The van der Waals surface area contributed by atoms with Gasteiger partial charge in [0.2, 0.25) is 5.95 Å². The molecule has 2 aromatic carbocycles. The zero-order valence-corrected chi connectivity index (χ0v) is 15.4. The molecule has 0 amide bonds. The predicted molar refractivity (Wildman–Crippen MR) is 103 cm³/mol. The number of hydrogen-bond donors (Lipinski definition) is 2. The number of para-hydroxylation sites is 2. The topological polar surface area (TPSA) is 98.0 Å². The molecule has 27 heavy (non-hydrogen) atoms. The number of carboxylic acids is 1. The van der Waals surface area contributed by atoms with Gasteiger partial charge in [0.1, 0.15) is 0 Å². The lowest BCUT2D eigenvalue weighted by molar-refractivity contribution is -0.139. The van der Waals surface area contributed by atoms with Gasteiger partial charge in [0.15, 0.2) is 18.1 Å². The first kappa shape index (κ1) is 18.5. The normalized spacial score (nSPS) is 11.1. The molecule has 0 aliphatic rings. The van der Waals surface area contributed by atoms with Crippen molar-refractivity contribution in [3.8, 4) is 11.5 Å². The van der Waals surface area contributed by atoms with E-state index in [0.29, 0.717) is 17.3 Å². The lowest BCUT2D eigenvalue weighted by Crippen LogP contribution is -2.10. The maximum absolute atomic E-state index is 10.7. The number of imidazole rings is 1. The number of fused-ring (bicyclic) bond motifs is 1. The number of hydrazone groups is 1. The Labute approximate surface area is 160 Å². The molecular formula is C18H17ClN4O4. The van der Waals surface area contributed by atoms with E-state index in [4.69, 9.17) is 26.2 Å². The molecule has 0 spiro atoms. The highest BCUT2D eigenvalue weighted by molar-refractivity contribution is 6.32. The number of methoxy groups -OCH3 is 1. The molecular weight excluding hydrogens is 372 g/mol. The molecule has 0 atom stereocenters. The van der Waals surface area contributed by atoms with Gasteiger partial charge in [-0.05, 0) is 29.8 Å². The van der Waals surface area contributed by atoms with Crippen molar-refractivity contribution >= 4 is 40.8 Å². The number of nitrogens with zero attached hydrogens (tertiary/aromatic N) is 3. The SMILES string of the molecule is COc1cc(/C=N\Nc2nc3ccccc3n2C)cc(Cl)c1OCC(=O)O. The van der Waals surface area contributed by atoms with E-state index in [1.54, 1.807) is 18.3 Å². The third-order valence-corrected chi connectivity index (χ3v) is 4.04. The standard InChI is InChI=1S/C18H17ClN4O4/c1-23-14-6-4-3-5-13(14)21-18(23)22-20-9-11-7-12(19)17(15(8-11)26-2)27-10-16(24)25/h3-9H,10H2,1-2H3,(H,21,22)(H,24,25)/b20-9-. The van der Waals surface area contributed by atoms with Crippen LogP contribution in [-0.4, -0.2) is 40.6 Å². The van der Waals surface area contributed by atoms with Crippen LogP contribution >= 0.6 is 11.6 Å². The van der Waals surface area contributed by atoms with Crippen LogP contribution in [0.3, 0.4) is 0 Å². The number of ether oxygens (including phenoxy) is 2. The molecule has 0 fully saturated rings. The number of halogens is 1. The van der Waals surface area contributed by atoms with E-state index in [1.165, 1.54) is 7.11 Å². The summed E-state index contributed by atoms with van der Waals surface area (Å²) in [6.45, 7) is -0.516. The number of hydrogen-bond acceptors (Lipinski definition) is 6. The molecule has 0 saturated heterocycles. The van der Waals surface area contributed by atoms with Crippen LogP contribution in [0, 0.1) is 0 Å². The van der Waals surface area contributed by atoms with E-state index in [1.807, 2.05) is 35.9 Å². The van der Waals surface area contributed by atoms with Crippen LogP contribution in [0.4, 0.5) is 5.95 Å². The number of benzene rings is 2. The largest absolute Gasteiger partial charge is 0.493 e. The molecule has 0 aliphatic carbocycles. The molecule has 1 aromatic heterocycles. The number of aromatic nitrogens is 2. The molecule has 1 heterocycles. The zero-order chi connectivity index (χ0) is 19.4. The molecule has 0 unspecified atom stereocenters. The van der Waals surface area contributed by atoms with Crippen LogP contribution in [0.25, 0.3) is 11.0 Å². The smallest absolute Gasteiger partial charge is 0.341 e. The summed E-state index contributed by atoms with van der Waals surface area (Å²) in [7, 11) is 3.33. The average molecular weight is 389 g/mol. The second-order valence-corrected chi connectivity index (χ2v) is 5.98. The molecule has 9 heteroatoms. The summed E-state index contributed by atoms with van der Waals surface area (Å²) in [6, 6.07) is 11.0. The van der Waals surface area contributed by atoms with Gasteiger partial charge in [0, 0.05) is 7.05 Å². The third-order valence-electron chi connectivity index (χ3n) is 3.76. The van der Waals surface area contributed by atoms with E-state index in [-0.39, 0.29) is 10.8 Å². The van der Waals surface area contributed by atoms with Crippen molar-refractivity contribution < 1.29 is 19.4 Å². The molecule has 140 valence electrons. The van der Waals surface area contributed by atoms with Gasteiger partial charge in [-0.15, -0.1) is 0 Å². The van der Waals surface area contributed by atoms with Crippen LogP contribution < -0.4 is 14.9 Å². The number of aliphatic carboxylic acids is 1. The summed E-state index contributed by atoms with van der Waals surface area (Å²) in [5.41, 5.74) is 5.38. The van der Waals surface area contributed by atoms with Crippen LogP contribution in [0.5, 0.6) is 11.5 Å². The summed E-state index contributed by atoms with van der Waals surface area (Å²) in [5, 5.41) is 13.1. The van der Waals surface area contributed by atoms with Gasteiger partial charge in [-0.25, -0.2) is 15.2 Å². The van der Waals surface area contributed by atoms with Crippen molar-refractivity contribution in [3.63, 3.8) is 0 Å². The van der Waals surface area contributed by atoms with Crippen molar-refractivity contribution in [2.24, 2.45) is 12.1 Å². The molecule has 3 aromatic rings. The maximum atomic E-state index is 10.7. The van der Waals surface area contributed by atoms with Crippen molar-refractivity contribution in [2.45, 2.75) is 0 Å². The first-order chi connectivity index (χ1) is 13.0. The van der Waals surface area contributed by atoms with E-state index < -0.39 is 12.6 Å². The fourth-order valence-corrected chi connectivity index (χ4v) is 2.77. The molecule has 0 radical (unpaired) electrons. The summed E-state index contributed by atoms with van der Waals surface area (Å²) < 4.78 is 12.3. The number of carboxylic acid groups (broad SMARTS) is 1. The Kier molecular flexibility index (Phi) is 5.46. The molecule has 0 bridgehead atoms. The Morgan fingerprint density at radius 3 is 2.89 bits per heavy atom. The van der Waals surface area contributed by atoms with Gasteiger partial charge in [-0.3, -0.25) is 0 Å². The first-order valence-corrected chi connectivity index (χ1v) is 8.30. The summed E-state index contributed by atoms with van der Waals surface area (Å²) in [4.78, 5) is 15.1. The van der Waals surface area contributed by atoms with Gasteiger partial charge in [-0.1, -0.05) is 23.7 Å². The summed E-state index contributed by atoms with van der Waals surface area (Å²) >= 11 is 6.17. The number of anilines is 1. The van der Waals surface area contributed by atoms with Gasteiger partial charge < -0.3 is 19.1 Å². The first-order valence-electron chi connectivity index (χ1n) is 7.92. The molecule has 2 N–H and O–H groups in total. The molecule has 3 rings (SSSR count). The Morgan fingerprint density at radius 2 is 2.19 bits per heavy atom. The molecule has 0 aliphatic heterocycles. The van der Waals surface area contributed by atoms with E-state index in [2.05, 4.69) is 15.5 Å².